The van der Waals surface area contributed by atoms with Crippen LogP contribution in [-0.2, 0) is 14.3 Å². The molecule has 0 saturated carbocycles. The van der Waals surface area contributed by atoms with E-state index in [4.69, 9.17) is 14.6 Å². The summed E-state index contributed by atoms with van der Waals surface area (Å²) in [7, 11) is -0.152. The number of hydrogen-bond donors (Lipinski definition) is 1. The minimum Gasteiger partial charge on any atom is -0.478 e. The van der Waals surface area contributed by atoms with Crippen LogP contribution in [0.2, 0.25) is 6.04 Å². The molecule has 0 aromatic rings. The Morgan fingerprint density at radius 1 is 1.28 bits per heavy atom. The van der Waals surface area contributed by atoms with Gasteiger partial charge in [-0.25, -0.2) is 4.79 Å². The fraction of sp³-hybridized carbons (Fsp3) is 0.769. The molecule has 0 aromatic heterocycles. The van der Waals surface area contributed by atoms with Gasteiger partial charge >= 0.3 is 5.97 Å². The highest BCUT2D eigenvalue weighted by atomic mass is 28.2. The molecule has 0 aliphatic rings. The lowest BCUT2D eigenvalue weighted by Gasteiger charge is -2.15. The SMILES string of the molecule is C=C(C)C(=O)O.CCCC[SiH2]C(OCC)OCC. The van der Waals surface area contributed by atoms with E-state index in [1.165, 1.54) is 25.8 Å². The molecule has 1 N–H and O–H groups in total. The standard InChI is InChI=1S/C9H22O2Si.C4H6O2/c1-4-7-8-12-9(10-5-2)11-6-3;1-3(2)4(5)6/h9H,4-8,12H2,1-3H3;1H2,2H3,(H,5,6). The monoisotopic (exact) mass is 276 g/mol. The summed E-state index contributed by atoms with van der Waals surface area (Å²) in [4.78, 5) is 9.60. The van der Waals surface area contributed by atoms with Crippen molar-refractivity contribution in [1.29, 1.82) is 0 Å². The van der Waals surface area contributed by atoms with Gasteiger partial charge in [0.15, 0.2) is 0 Å². The van der Waals surface area contributed by atoms with E-state index >= 15 is 0 Å². The maximum absolute atomic E-state index is 9.60. The molecule has 0 saturated heterocycles. The summed E-state index contributed by atoms with van der Waals surface area (Å²) in [6, 6.07) is 1.35. The van der Waals surface area contributed by atoms with Crippen molar-refractivity contribution >= 4 is 15.5 Å². The quantitative estimate of drug-likeness (QED) is 0.304. The van der Waals surface area contributed by atoms with E-state index in [1.807, 2.05) is 13.8 Å². The number of carboxylic acids is 1. The highest BCUT2D eigenvalue weighted by Crippen LogP contribution is 2.00. The Hall–Kier alpha value is -0.653. The summed E-state index contributed by atoms with van der Waals surface area (Å²) < 4.78 is 10.9. The minimum absolute atomic E-state index is 0.152. The summed E-state index contributed by atoms with van der Waals surface area (Å²) in [6.07, 6.45) is 2.63. The maximum atomic E-state index is 9.60. The average Bonchev–Trinajstić information content (AvgIpc) is 2.30. The second-order valence-electron chi connectivity index (χ2n) is 3.92. The van der Waals surface area contributed by atoms with Gasteiger partial charge in [-0.15, -0.1) is 0 Å². The molecule has 0 rings (SSSR count). The van der Waals surface area contributed by atoms with Gasteiger partial charge in [-0.3, -0.25) is 0 Å². The lowest BCUT2D eigenvalue weighted by Crippen LogP contribution is -2.24. The van der Waals surface area contributed by atoms with Gasteiger partial charge in [0.25, 0.3) is 0 Å². The molecular weight excluding hydrogens is 248 g/mol. The first-order valence-corrected chi connectivity index (χ1v) is 8.43. The van der Waals surface area contributed by atoms with E-state index in [0.29, 0.717) is 0 Å². The highest BCUT2D eigenvalue weighted by molar-refractivity contribution is 6.36. The normalized spacial score (nSPS) is 10.5. The van der Waals surface area contributed by atoms with Crippen LogP contribution in [-0.4, -0.2) is 39.7 Å². The van der Waals surface area contributed by atoms with E-state index in [9.17, 15) is 4.79 Å². The van der Waals surface area contributed by atoms with E-state index in [0.717, 1.165) is 13.2 Å². The second-order valence-corrected chi connectivity index (χ2v) is 5.87. The molecule has 0 aliphatic heterocycles. The second kappa shape index (κ2) is 14.4. The van der Waals surface area contributed by atoms with E-state index in [1.54, 1.807) is 0 Å². The number of carboxylic acid groups (broad SMARTS) is 1. The third kappa shape index (κ3) is 15.3. The molecule has 0 spiro atoms. The fourth-order valence-electron chi connectivity index (χ4n) is 1.15. The molecule has 0 unspecified atom stereocenters. The highest BCUT2D eigenvalue weighted by Gasteiger charge is 2.06. The van der Waals surface area contributed by atoms with Crippen molar-refractivity contribution in [2.45, 2.75) is 52.5 Å². The van der Waals surface area contributed by atoms with Crippen LogP contribution in [0.25, 0.3) is 0 Å². The lowest BCUT2D eigenvalue weighted by molar-refractivity contribution is -0.132. The van der Waals surface area contributed by atoms with Crippen LogP contribution in [0.15, 0.2) is 12.2 Å². The smallest absolute Gasteiger partial charge is 0.330 e. The maximum Gasteiger partial charge on any atom is 0.330 e. The van der Waals surface area contributed by atoms with Crippen LogP contribution in [0, 0.1) is 0 Å². The molecule has 5 heteroatoms. The summed E-state index contributed by atoms with van der Waals surface area (Å²) in [6.45, 7) is 12.4. The van der Waals surface area contributed by atoms with Gasteiger partial charge in [-0.1, -0.05) is 32.4 Å². The minimum atomic E-state index is -0.935. The van der Waals surface area contributed by atoms with Crippen molar-refractivity contribution in [3.05, 3.63) is 12.2 Å². The van der Waals surface area contributed by atoms with E-state index in [2.05, 4.69) is 13.5 Å². The molecule has 0 aromatic carbocycles. The van der Waals surface area contributed by atoms with Crippen molar-refractivity contribution in [3.63, 3.8) is 0 Å². The molecule has 4 nitrogen and oxygen atoms in total. The molecular formula is C13H28O4Si. The van der Waals surface area contributed by atoms with Gasteiger partial charge in [0.1, 0.15) is 5.91 Å². The van der Waals surface area contributed by atoms with Crippen molar-refractivity contribution in [3.8, 4) is 0 Å². The zero-order chi connectivity index (χ0) is 14.4. The summed E-state index contributed by atoms with van der Waals surface area (Å²) in [5.74, 6) is -0.762. The molecule has 0 atom stereocenters. The van der Waals surface area contributed by atoms with Gasteiger partial charge in [0, 0.05) is 18.8 Å². The zero-order valence-corrected chi connectivity index (χ0v) is 13.6. The van der Waals surface area contributed by atoms with Crippen molar-refractivity contribution in [1.82, 2.24) is 0 Å². The molecule has 0 radical (unpaired) electrons. The Bertz CT molecular complexity index is 201. The van der Waals surface area contributed by atoms with Crippen LogP contribution in [0.3, 0.4) is 0 Å². The van der Waals surface area contributed by atoms with Gasteiger partial charge in [0.2, 0.25) is 0 Å². The van der Waals surface area contributed by atoms with Crippen LogP contribution in [0.1, 0.15) is 40.5 Å². The number of aliphatic carboxylic acids is 1. The lowest BCUT2D eigenvalue weighted by atomic mass is 10.4. The Morgan fingerprint density at radius 2 is 1.72 bits per heavy atom. The van der Waals surface area contributed by atoms with Gasteiger partial charge in [0.05, 0.1) is 9.52 Å². The largest absolute Gasteiger partial charge is 0.478 e. The summed E-state index contributed by atoms with van der Waals surface area (Å²) >= 11 is 0. The Balaban J connectivity index is 0. The Kier molecular flexibility index (Phi) is 15.8. The number of carbonyl (C=O) groups is 1. The van der Waals surface area contributed by atoms with Gasteiger partial charge < -0.3 is 14.6 Å². The van der Waals surface area contributed by atoms with E-state index in [-0.39, 0.29) is 21.0 Å². The van der Waals surface area contributed by atoms with Crippen LogP contribution < -0.4 is 0 Å². The van der Waals surface area contributed by atoms with E-state index < -0.39 is 5.97 Å². The number of ether oxygens (including phenoxy) is 2. The first kappa shape index (κ1) is 19.7. The van der Waals surface area contributed by atoms with Crippen molar-refractivity contribution < 1.29 is 19.4 Å². The van der Waals surface area contributed by atoms with Crippen LogP contribution in [0.5, 0.6) is 0 Å². The summed E-state index contributed by atoms with van der Waals surface area (Å²) in [5.41, 5.74) is 0.176. The molecule has 0 bridgehead atoms. The fourth-order valence-corrected chi connectivity index (χ4v) is 3.07. The molecule has 18 heavy (non-hydrogen) atoms. The Labute approximate surface area is 113 Å². The molecule has 0 amide bonds. The average molecular weight is 276 g/mol. The zero-order valence-electron chi connectivity index (χ0n) is 12.2. The third-order valence-corrected chi connectivity index (χ3v) is 3.96. The first-order valence-electron chi connectivity index (χ1n) is 6.61. The van der Waals surface area contributed by atoms with Gasteiger partial charge in [-0.05, 0) is 20.8 Å². The van der Waals surface area contributed by atoms with Crippen LogP contribution in [0.4, 0.5) is 0 Å². The predicted molar refractivity (Wildman–Crippen MR) is 77.7 cm³/mol. The molecule has 0 heterocycles. The number of hydrogen-bond acceptors (Lipinski definition) is 3. The number of unbranched alkanes of at least 4 members (excludes halogenated alkanes) is 1. The molecule has 108 valence electrons. The topological polar surface area (TPSA) is 55.8 Å². The molecule has 0 aliphatic carbocycles. The van der Waals surface area contributed by atoms with Crippen molar-refractivity contribution in [2.75, 3.05) is 13.2 Å². The predicted octanol–water partition coefficient (Wildman–Crippen LogP) is 2.38. The third-order valence-electron chi connectivity index (χ3n) is 2.11. The summed E-state index contributed by atoms with van der Waals surface area (Å²) in [5, 5.41) is 7.89. The Morgan fingerprint density at radius 3 is 2.00 bits per heavy atom. The molecule has 0 fully saturated rings. The van der Waals surface area contributed by atoms with Crippen molar-refractivity contribution in [2.24, 2.45) is 0 Å². The van der Waals surface area contributed by atoms with Crippen LogP contribution >= 0.6 is 0 Å². The first-order chi connectivity index (χ1) is 8.49. The van der Waals surface area contributed by atoms with Gasteiger partial charge in [-0.2, -0.15) is 0 Å². The number of rotatable bonds is 9.